The summed E-state index contributed by atoms with van der Waals surface area (Å²) < 4.78 is 22.4. The van der Waals surface area contributed by atoms with E-state index in [2.05, 4.69) is 29.5 Å². The van der Waals surface area contributed by atoms with Gasteiger partial charge in [-0.3, -0.25) is 14.5 Å². The SMILES string of the molecule is C=CCc1cc(/C=C2/SC(=O)N(Cc3ccc(C(=O)OC)o3)C2=O)cc(OCC)c1OCc1cccc2ccccc12. The van der Waals surface area contributed by atoms with Crippen LogP contribution in [-0.4, -0.2) is 35.7 Å². The first-order chi connectivity index (χ1) is 20.4. The number of furan rings is 1. The van der Waals surface area contributed by atoms with Gasteiger partial charge in [-0.15, -0.1) is 6.58 Å². The summed E-state index contributed by atoms with van der Waals surface area (Å²) in [5.74, 6) is 0.331. The smallest absolute Gasteiger partial charge is 0.373 e. The number of ether oxygens (including phenoxy) is 3. The van der Waals surface area contributed by atoms with E-state index in [-0.39, 0.29) is 17.2 Å². The van der Waals surface area contributed by atoms with E-state index in [0.29, 0.717) is 42.5 Å². The van der Waals surface area contributed by atoms with Gasteiger partial charge in [-0.05, 0) is 77.3 Å². The fourth-order valence-corrected chi connectivity index (χ4v) is 5.52. The van der Waals surface area contributed by atoms with Crippen LogP contribution in [-0.2, 0) is 29.1 Å². The zero-order valence-corrected chi connectivity index (χ0v) is 24.1. The molecule has 5 rings (SSSR count). The van der Waals surface area contributed by atoms with E-state index in [4.69, 9.17) is 13.9 Å². The van der Waals surface area contributed by atoms with E-state index in [1.807, 2.05) is 37.3 Å². The molecule has 1 saturated heterocycles. The average molecular weight is 584 g/mol. The van der Waals surface area contributed by atoms with Crippen molar-refractivity contribution in [2.24, 2.45) is 0 Å². The predicted octanol–water partition coefficient (Wildman–Crippen LogP) is 7.16. The predicted molar refractivity (Wildman–Crippen MR) is 161 cm³/mol. The number of thioether (sulfide) groups is 1. The maximum absolute atomic E-state index is 13.2. The first kappa shape index (κ1) is 28.8. The van der Waals surface area contributed by atoms with Crippen LogP contribution in [0.5, 0.6) is 11.5 Å². The molecule has 0 radical (unpaired) electrons. The Morgan fingerprint density at radius 2 is 1.83 bits per heavy atom. The van der Waals surface area contributed by atoms with Gasteiger partial charge in [0.25, 0.3) is 11.1 Å². The van der Waals surface area contributed by atoms with Crippen molar-refractivity contribution in [1.29, 1.82) is 0 Å². The minimum absolute atomic E-state index is 0.00373. The third-order valence-electron chi connectivity index (χ3n) is 6.60. The van der Waals surface area contributed by atoms with Crippen molar-refractivity contribution < 1.29 is 33.0 Å². The van der Waals surface area contributed by atoms with Gasteiger partial charge in [-0.1, -0.05) is 48.5 Å². The number of benzene rings is 3. The number of esters is 1. The van der Waals surface area contributed by atoms with Crippen LogP contribution in [0.15, 0.2) is 88.7 Å². The van der Waals surface area contributed by atoms with Crippen LogP contribution in [0.3, 0.4) is 0 Å². The molecule has 2 heterocycles. The van der Waals surface area contributed by atoms with Crippen LogP contribution in [0.25, 0.3) is 16.8 Å². The normalized spacial score (nSPS) is 14.0. The number of allylic oxidation sites excluding steroid dienone is 1. The molecule has 9 heteroatoms. The number of rotatable bonds is 11. The van der Waals surface area contributed by atoms with Crippen LogP contribution in [0.4, 0.5) is 4.79 Å². The van der Waals surface area contributed by atoms with E-state index < -0.39 is 17.1 Å². The zero-order chi connectivity index (χ0) is 29.6. The van der Waals surface area contributed by atoms with Gasteiger partial charge in [0, 0.05) is 5.56 Å². The Hall–Kier alpha value is -4.76. The molecule has 0 atom stereocenters. The lowest BCUT2D eigenvalue weighted by Gasteiger charge is -2.17. The molecule has 214 valence electrons. The number of hydrogen-bond donors (Lipinski definition) is 0. The van der Waals surface area contributed by atoms with Gasteiger partial charge < -0.3 is 18.6 Å². The van der Waals surface area contributed by atoms with Crippen molar-refractivity contribution in [3.05, 3.63) is 113 Å². The monoisotopic (exact) mass is 583 g/mol. The Bertz CT molecular complexity index is 1700. The molecule has 1 aromatic heterocycles. The number of carbonyl (C=O) groups excluding carboxylic acids is 3. The van der Waals surface area contributed by atoms with Crippen LogP contribution in [0, 0.1) is 0 Å². The fourth-order valence-electron chi connectivity index (χ4n) is 4.69. The quantitative estimate of drug-likeness (QED) is 0.104. The Morgan fingerprint density at radius 1 is 1.02 bits per heavy atom. The van der Waals surface area contributed by atoms with E-state index >= 15 is 0 Å². The highest BCUT2D eigenvalue weighted by Crippen LogP contribution is 2.38. The number of nitrogens with zero attached hydrogens (tertiary/aromatic N) is 1. The lowest BCUT2D eigenvalue weighted by Crippen LogP contribution is -2.27. The van der Waals surface area contributed by atoms with Crippen molar-refractivity contribution >= 4 is 45.7 Å². The molecule has 0 aliphatic carbocycles. The number of imide groups is 1. The summed E-state index contributed by atoms with van der Waals surface area (Å²) in [5.41, 5.74) is 2.57. The van der Waals surface area contributed by atoms with Gasteiger partial charge >= 0.3 is 5.97 Å². The minimum atomic E-state index is -0.639. The van der Waals surface area contributed by atoms with Crippen molar-refractivity contribution in [2.75, 3.05) is 13.7 Å². The second kappa shape index (κ2) is 12.8. The van der Waals surface area contributed by atoms with Gasteiger partial charge in [0.2, 0.25) is 5.76 Å². The van der Waals surface area contributed by atoms with Gasteiger partial charge in [0.15, 0.2) is 11.5 Å². The Balaban J connectivity index is 1.41. The van der Waals surface area contributed by atoms with E-state index in [9.17, 15) is 14.4 Å². The van der Waals surface area contributed by atoms with Crippen LogP contribution < -0.4 is 9.47 Å². The van der Waals surface area contributed by atoms with Gasteiger partial charge in [-0.2, -0.15) is 0 Å². The van der Waals surface area contributed by atoms with Crippen molar-refractivity contribution in [3.8, 4) is 11.5 Å². The minimum Gasteiger partial charge on any atom is -0.490 e. The van der Waals surface area contributed by atoms with Crippen molar-refractivity contribution in [2.45, 2.75) is 26.5 Å². The molecular formula is C33H29NO7S. The maximum atomic E-state index is 13.2. The summed E-state index contributed by atoms with van der Waals surface area (Å²) in [6.07, 6.45) is 3.95. The van der Waals surface area contributed by atoms with Gasteiger partial charge in [0.1, 0.15) is 12.4 Å². The van der Waals surface area contributed by atoms with E-state index in [1.165, 1.54) is 19.2 Å². The van der Waals surface area contributed by atoms with Crippen molar-refractivity contribution in [1.82, 2.24) is 4.90 Å². The second-order valence-corrected chi connectivity index (χ2v) is 10.4. The summed E-state index contributed by atoms with van der Waals surface area (Å²) >= 11 is 0.838. The Kier molecular flexibility index (Phi) is 8.78. The van der Waals surface area contributed by atoms with Crippen LogP contribution in [0.2, 0.25) is 0 Å². The Morgan fingerprint density at radius 3 is 2.62 bits per heavy atom. The molecule has 3 aromatic carbocycles. The molecule has 0 unspecified atom stereocenters. The molecule has 0 bridgehead atoms. The van der Waals surface area contributed by atoms with Crippen molar-refractivity contribution in [3.63, 3.8) is 0 Å². The van der Waals surface area contributed by atoms with Gasteiger partial charge in [-0.25, -0.2) is 4.79 Å². The van der Waals surface area contributed by atoms with Crippen LogP contribution in [0.1, 0.15) is 39.9 Å². The molecule has 1 fully saturated rings. The highest BCUT2D eigenvalue weighted by atomic mass is 32.2. The summed E-state index contributed by atoms with van der Waals surface area (Å²) in [5, 5.41) is 1.82. The summed E-state index contributed by atoms with van der Waals surface area (Å²) in [4.78, 5) is 38.9. The molecule has 0 N–H and O–H groups in total. The standard InChI is InChI=1S/C33H29NO7S/c1-4-9-23-16-21(18-29-31(35)34(33(37)42-29)19-25-14-15-27(41-25)32(36)38-3)17-28(39-5-2)30(23)40-20-24-12-8-11-22-10-6-7-13-26(22)24/h4,6-8,10-18H,1,5,9,19-20H2,2-3H3/b29-18+. The third kappa shape index (κ3) is 6.11. The second-order valence-electron chi connectivity index (χ2n) is 9.39. The lowest BCUT2D eigenvalue weighted by molar-refractivity contribution is -0.123. The number of amides is 2. The molecule has 0 saturated carbocycles. The summed E-state index contributed by atoms with van der Waals surface area (Å²) in [6, 6.07) is 21.0. The fraction of sp³-hybridized carbons (Fsp3) is 0.182. The molecule has 1 aliphatic heterocycles. The first-order valence-electron chi connectivity index (χ1n) is 13.3. The number of fused-ring (bicyclic) bond motifs is 1. The third-order valence-corrected chi connectivity index (χ3v) is 7.51. The average Bonchev–Trinajstić information content (AvgIpc) is 3.57. The molecular weight excluding hydrogens is 554 g/mol. The largest absolute Gasteiger partial charge is 0.490 e. The number of carbonyl (C=O) groups is 3. The first-order valence-corrected chi connectivity index (χ1v) is 14.2. The molecule has 8 nitrogen and oxygen atoms in total. The maximum Gasteiger partial charge on any atom is 0.373 e. The number of hydrogen-bond acceptors (Lipinski definition) is 8. The molecule has 42 heavy (non-hydrogen) atoms. The van der Waals surface area contributed by atoms with E-state index in [1.54, 1.807) is 18.2 Å². The lowest BCUT2D eigenvalue weighted by atomic mass is 10.0. The molecule has 1 aliphatic rings. The molecule has 4 aromatic rings. The Labute approximate surface area is 247 Å². The summed E-state index contributed by atoms with van der Waals surface area (Å²) in [7, 11) is 1.24. The molecule has 0 spiro atoms. The van der Waals surface area contributed by atoms with Gasteiger partial charge in [0.05, 0.1) is 25.2 Å². The number of methoxy groups -OCH3 is 1. The topological polar surface area (TPSA) is 95.3 Å². The zero-order valence-electron chi connectivity index (χ0n) is 23.3. The summed E-state index contributed by atoms with van der Waals surface area (Å²) in [6.45, 7) is 6.43. The highest BCUT2D eigenvalue weighted by Gasteiger charge is 2.36. The van der Waals surface area contributed by atoms with E-state index in [0.717, 1.165) is 38.6 Å². The highest BCUT2D eigenvalue weighted by molar-refractivity contribution is 8.18. The van der Waals surface area contributed by atoms with Crippen LogP contribution >= 0.6 is 11.8 Å². The molecule has 2 amide bonds.